The maximum atomic E-state index is 11.0. The Kier molecular flexibility index (Phi) is 2.32. The van der Waals surface area contributed by atoms with Crippen molar-refractivity contribution in [3.05, 3.63) is 0 Å². The average Bonchev–Trinajstić information content (AvgIpc) is 2.40. The van der Waals surface area contributed by atoms with Crippen molar-refractivity contribution in [1.82, 2.24) is 0 Å². The minimum atomic E-state index is -0.119. The summed E-state index contributed by atoms with van der Waals surface area (Å²) in [6, 6.07) is 0. The molecule has 0 aromatic heterocycles. The predicted octanol–water partition coefficient (Wildman–Crippen LogP) is 2.76. The van der Waals surface area contributed by atoms with Gasteiger partial charge in [0, 0.05) is 6.92 Å². The molecule has 2 aliphatic rings. The molecule has 0 aliphatic heterocycles. The van der Waals surface area contributed by atoms with Crippen LogP contribution < -0.4 is 0 Å². The zero-order valence-corrected chi connectivity index (χ0v) is 9.38. The van der Waals surface area contributed by atoms with Crippen molar-refractivity contribution >= 4 is 5.97 Å². The molecule has 0 heterocycles. The fourth-order valence-corrected chi connectivity index (χ4v) is 3.34. The van der Waals surface area contributed by atoms with Crippen LogP contribution in [0.5, 0.6) is 0 Å². The first-order valence-corrected chi connectivity index (χ1v) is 5.67. The molecule has 2 nitrogen and oxygen atoms in total. The summed E-state index contributed by atoms with van der Waals surface area (Å²) in [6.07, 6.45) is 5.24. The molecule has 80 valence electrons. The van der Waals surface area contributed by atoms with Crippen LogP contribution in [-0.4, -0.2) is 12.1 Å². The Morgan fingerprint density at radius 1 is 1.43 bits per heavy atom. The molecule has 4 unspecified atom stereocenters. The molecule has 0 aromatic carbocycles. The van der Waals surface area contributed by atoms with Gasteiger partial charge in [0.1, 0.15) is 6.10 Å². The van der Waals surface area contributed by atoms with E-state index in [1.165, 1.54) is 26.2 Å². The lowest BCUT2D eigenvalue weighted by molar-refractivity contribution is -0.153. The van der Waals surface area contributed by atoms with Crippen LogP contribution in [0, 0.1) is 17.3 Å². The minimum Gasteiger partial charge on any atom is -0.462 e. The van der Waals surface area contributed by atoms with E-state index in [-0.39, 0.29) is 12.1 Å². The van der Waals surface area contributed by atoms with Crippen LogP contribution in [0.25, 0.3) is 0 Å². The van der Waals surface area contributed by atoms with Crippen molar-refractivity contribution in [3.63, 3.8) is 0 Å². The van der Waals surface area contributed by atoms with Crippen molar-refractivity contribution in [2.24, 2.45) is 17.3 Å². The zero-order chi connectivity index (χ0) is 10.3. The Balaban J connectivity index is 2.08. The molecule has 2 fully saturated rings. The fourth-order valence-electron chi connectivity index (χ4n) is 3.34. The smallest absolute Gasteiger partial charge is 0.302 e. The third-order valence-corrected chi connectivity index (χ3v) is 4.21. The van der Waals surface area contributed by atoms with Crippen LogP contribution in [-0.2, 0) is 9.53 Å². The standard InChI is InChI=1S/C12H20O2/c1-8-10-4-5-12(3,6-10)7-11(8)14-9(2)13/h8,10-11H,4-7H2,1-3H3. The lowest BCUT2D eigenvalue weighted by Crippen LogP contribution is -2.37. The van der Waals surface area contributed by atoms with E-state index >= 15 is 0 Å². The van der Waals surface area contributed by atoms with Crippen LogP contribution in [0.15, 0.2) is 0 Å². The molecular formula is C12H20O2. The van der Waals surface area contributed by atoms with E-state index in [2.05, 4.69) is 13.8 Å². The summed E-state index contributed by atoms with van der Waals surface area (Å²) in [4.78, 5) is 11.0. The van der Waals surface area contributed by atoms with Gasteiger partial charge in [-0.3, -0.25) is 4.79 Å². The lowest BCUT2D eigenvalue weighted by atomic mass is 9.71. The highest BCUT2D eigenvalue weighted by Crippen LogP contribution is 2.53. The third kappa shape index (κ3) is 1.67. The second-order valence-electron chi connectivity index (χ2n) is 5.52. The third-order valence-electron chi connectivity index (χ3n) is 4.21. The predicted molar refractivity (Wildman–Crippen MR) is 54.8 cm³/mol. The van der Waals surface area contributed by atoms with Gasteiger partial charge >= 0.3 is 5.97 Å². The highest BCUT2D eigenvalue weighted by molar-refractivity contribution is 5.66. The summed E-state index contributed by atoms with van der Waals surface area (Å²) >= 11 is 0. The Morgan fingerprint density at radius 3 is 2.79 bits per heavy atom. The topological polar surface area (TPSA) is 26.3 Å². The lowest BCUT2D eigenvalue weighted by Gasteiger charge is -2.38. The van der Waals surface area contributed by atoms with Crippen LogP contribution in [0.4, 0.5) is 0 Å². The fraction of sp³-hybridized carbons (Fsp3) is 0.917. The monoisotopic (exact) mass is 196 g/mol. The van der Waals surface area contributed by atoms with Gasteiger partial charge in [-0.25, -0.2) is 0 Å². The van der Waals surface area contributed by atoms with E-state index in [1.807, 2.05) is 0 Å². The summed E-state index contributed by atoms with van der Waals surface area (Å²) in [5, 5.41) is 0. The molecule has 2 heteroatoms. The number of hydrogen-bond acceptors (Lipinski definition) is 2. The van der Waals surface area contributed by atoms with E-state index < -0.39 is 0 Å². The number of ether oxygens (including phenoxy) is 1. The van der Waals surface area contributed by atoms with Gasteiger partial charge in [-0.2, -0.15) is 0 Å². The van der Waals surface area contributed by atoms with Gasteiger partial charge < -0.3 is 4.74 Å². The van der Waals surface area contributed by atoms with E-state index in [1.54, 1.807) is 0 Å². The number of fused-ring (bicyclic) bond motifs is 2. The normalized spacial score (nSPS) is 46.4. The number of carbonyl (C=O) groups is 1. The van der Waals surface area contributed by atoms with Crippen LogP contribution in [0.2, 0.25) is 0 Å². The number of esters is 1. The van der Waals surface area contributed by atoms with E-state index in [0.717, 1.165) is 12.3 Å². The van der Waals surface area contributed by atoms with E-state index in [9.17, 15) is 4.79 Å². The summed E-state index contributed by atoms with van der Waals surface area (Å²) in [5.41, 5.74) is 0.456. The largest absolute Gasteiger partial charge is 0.462 e. The van der Waals surface area contributed by atoms with E-state index in [0.29, 0.717) is 11.3 Å². The van der Waals surface area contributed by atoms with Gasteiger partial charge in [-0.05, 0) is 42.9 Å². The molecular weight excluding hydrogens is 176 g/mol. The highest BCUT2D eigenvalue weighted by Gasteiger charge is 2.47. The molecule has 2 rings (SSSR count). The quantitative estimate of drug-likeness (QED) is 0.603. The van der Waals surface area contributed by atoms with Crippen molar-refractivity contribution in [1.29, 1.82) is 0 Å². The van der Waals surface area contributed by atoms with Crippen molar-refractivity contribution < 1.29 is 9.53 Å². The van der Waals surface area contributed by atoms with Crippen LogP contribution in [0.1, 0.15) is 46.5 Å². The number of carbonyl (C=O) groups excluding carboxylic acids is 1. The molecule has 2 bridgehead atoms. The zero-order valence-electron chi connectivity index (χ0n) is 9.38. The second kappa shape index (κ2) is 3.25. The molecule has 2 aliphatic carbocycles. The van der Waals surface area contributed by atoms with Crippen molar-refractivity contribution in [3.8, 4) is 0 Å². The van der Waals surface area contributed by atoms with Crippen LogP contribution in [0.3, 0.4) is 0 Å². The first kappa shape index (κ1) is 10.0. The van der Waals surface area contributed by atoms with E-state index in [4.69, 9.17) is 4.74 Å². The van der Waals surface area contributed by atoms with Gasteiger partial charge in [0.15, 0.2) is 0 Å². The van der Waals surface area contributed by atoms with Gasteiger partial charge in [0.2, 0.25) is 0 Å². The first-order valence-electron chi connectivity index (χ1n) is 5.67. The summed E-state index contributed by atoms with van der Waals surface area (Å²) in [5.74, 6) is 1.24. The SMILES string of the molecule is CC(=O)OC1CC2(C)CCC(C2)C1C. The van der Waals surface area contributed by atoms with Crippen LogP contribution >= 0.6 is 0 Å². The Hall–Kier alpha value is -0.530. The summed E-state index contributed by atoms with van der Waals surface area (Å²) in [7, 11) is 0. The number of rotatable bonds is 1. The van der Waals surface area contributed by atoms with Crippen molar-refractivity contribution in [2.45, 2.75) is 52.6 Å². The second-order valence-corrected chi connectivity index (χ2v) is 5.52. The van der Waals surface area contributed by atoms with Gasteiger partial charge in [-0.15, -0.1) is 0 Å². The Bertz CT molecular complexity index is 249. The first-order chi connectivity index (χ1) is 6.50. The molecule has 0 aromatic rings. The van der Waals surface area contributed by atoms with Crippen molar-refractivity contribution in [2.75, 3.05) is 0 Å². The minimum absolute atomic E-state index is 0.119. The molecule has 0 N–H and O–H groups in total. The highest BCUT2D eigenvalue weighted by atomic mass is 16.5. The Labute approximate surface area is 86.0 Å². The summed E-state index contributed by atoms with van der Waals surface area (Å²) < 4.78 is 5.41. The molecule has 0 spiro atoms. The molecule has 0 radical (unpaired) electrons. The number of hydrogen-bond donors (Lipinski definition) is 0. The Morgan fingerprint density at radius 2 is 2.14 bits per heavy atom. The van der Waals surface area contributed by atoms with Gasteiger partial charge in [-0.1, -0.05) is 13.8 Å². The molecule has 2 saturated carbocycles. The maximum absolute atomic E-state index is 11.0. The molecule has 14 heavy (non-hydrogen) atoms. The maximum Gasteiger partial charge on any atom is 0.302 e. The summed E-state index contributed by atoms with van der Waals surface area (Å²) in [6.45, 7) is 6.10. The molecule has 0 amide bonds. The van der Waals surface area contributed by atoms with Gasteiger partial charge in [0.25, 0.3) is 0 Å². The molecule has 0 saturated heterocycles. The van der Waals surface area contributed by atoms with Gasteiger partial charge in [0.05, 0.1) is 0 Å². The molecule has 4 atom stereocenters. The average molecular weight is 196 g/mol.